The fourth-order valence-corrected chi connectivity index (χ4v) is 3.94. The Morgan fingerprint density at radius 3 is 2.71 bits per heavy atom. The molecule has 4 rings (SSSR count). The van der Waals surface area contributed by atoms with E-state index in [0.717, 1.165) is 56.1 Å². The average molecular weight is 390 g/mol. The quantitative estimate of drug-likeness (QED) is 0.636. The van der Waals surface area contributed by atoms with Gasteiger partial charge in [-0.15, -0.1) is 0 Å². The molecule has 0 radical (unpaired) electrons. The Labute approximate surface area is 161 Å². The first-order chi connectivity index (χ1) is 13.3. The summed E-state index contributed by atoms with van der Waals surface area (Å²) in [6.07, 6.45) is 0.812. The van der Waals surface area contributed by atoms with Crippen molar-refractivity contribution in [1.29, 1.82) is 0 Å². The number of aromatic nitrogens is 1. The van der Waals surface area contributed by atoms with Crippen LogP contribution in [0.5, 0.6) is 5.75 Å². The zero-order valence-corrected chi connectivity index (χ0v) is 15.5. The van der Waals surface area contributed by atoms with Gasteiger partial charge in [0.1, 0.15) is 17.3 Å². The van der Waals surface area contributed by atoms with Gasteiger partial charge in [-0.1, -0.05) is 6.07 Å². The fourth-order valence-electron chi connectivity index (χ4n) is 3.94. The van der Waals surface area contributed by atoms with Gasteiger partial charge in [0.15, 0.2) is 0 Å². The molecule has 0 fully saturated rings. The standard InChI is InChI=1S/C20H21F3N4O/c1-26(17-8-2-7-16(25-17)20(21,22)23)24-12-14-11-13-5-3-9-27-10-4-6-15(18(13)27)19(14)28/h2,7-8,11-12,28H,3-6,9-10H2,1H3. The fraction of sp³-hybridized carbons (Fsp3) is 0.400. The van der Waals surface area contributed by atoms with Gasteiger partial charge in [0.2, 0.25) is 0 Å². The number of benzene rings is 1. The summed E-state index contributed by atoms with van der Waals surface area (Å²) in [5.41, 5.74) is 2.91. The summed E-state index contributed by atoms with van der Waals surface area (Å²) in [5, 5.41) is 16.2. The number of phenolic OH excluding ortho intramolecular Hbond substituents is 1. The zero-order valence-electron chi connectivity index (χ0n) is 15.5. The van der Waals surface area contributed by atoms with E-state index in [0.29, 0.717) is 5.56 Å². The number of aryl methyl sites for hydroxylation is 1. The molecule has 0 spiro atoms. The van der Waals surface area contributed by atoms with Gasteiger partial charge in [0, 0.05) is 37.0 Å². The van der Waals surface area contributed by atoms with Crippen molar-refractivity contribution in [1.82, 2.24) is 4.98 Å². The molecule has 0 saturated heterocycles. The van der Waals surface area contributed by atoms with E-state index >= 15 is 0 Å². The highest BCUT2D eigenvalue weighted by molar-refractivity contribution is 5.88. The second-order valence-corrected chi connectivity index (χ2v) is 7.14. The van der Waals surface area contributed by atoms with Gasteiger partial charge < -0.3 is 10.0 Å². The van der Waals surface area contributed by atoms with Crippen molar-refractivity contribution in [3.63, 3.8) is 0 Å². The van der Waals surface area contributed by atoms with Crippen LogP contribution >= 0.6 is 0 Å². The Morgan fingerprint density at radius 2 is 1.96 bits per heavy atom. The van der Waals surface area contributed by atoms with Crippen LogP contribution in [0.15, 0.2) is 29.4 Å². The largest absolute Gasteiger partial charge is 0.507 e. The molecule has 0 amide bonds. The molecule has 1 N–H and O–H groups in total. The summed E-state index contributed by atoms with van der Waals surface area (Å²) >= 11 is 0. The van der Waals surface area contributed by atoms with Crippen LogP contribution in [0.2, 0.25) is 0 Å². The molecule has 0 bridgehead atoms. The minimum absolute atomic E-state index is 0.0797. The first-order valence-corrected chi connectivity index (χ1v) is 9.29. The maximum atomic E-state index is 12.9. The van der Waals surface area contributed by atoms with E-state index in [-0.39, 0.29) is 11.6 Å². The third-order valence-corrected chi connectivity index (χ3v) is 5.25. The average Bonchev–Trinajstić information content (AvgIpc) is 2.69. The smallest absolute Gasteiger partial charge is 0.433 e. The van der Waals surface area contributed by atoms with Crippen LogP contribution in [-0.4, -0.2) is 36.4 Å². The highest BCUT2D eigenvalue weighted by atomic mass is 19.4. The third kappa shape index (κ3) is 3.39. The number of hydrogen-bond acceptors (Lipinski definition) is 5. The van der Waals surface area contributed by atoms with E-state index in [4.69, 9.17) is 0 Å². The number of pyridine rings is 1. The maximum Gasteiger partial charge on any atom is 0.433 e. The lowest BCUT2D eigenvalue weighted by molar-refractivity contribution is -0.141. The molecule has 3 heterocycles. The van der Waals surface area contributed by atoms with Gasteiger partial charge in [0.25, 0.3) is 0 Å². The Morgan fingerprint density at radius 1 is 1.21 bits per heavy atom. The number of halogens is 3. The molecule has 2 aromatic rings. The number of rotatable bonds is 3. The Hall–Kier alpha value is -2.77. The molecule has 0 atom stereocenters. The SMILES string of the molecule is CN(N=Cc1cc2c3c(c1O)CCCN3CCC2)c1cccc(C(F)(F)F)n1. The zero-order chi connectivity index (χ0) is 19.9. The number of nitrogens with zero attached hydrogens (tertiary/aromatic N) is 4. The normalized spacial score (nSPS) is 16.4. The summed E-state index contributed by atoms with van der Waals surface area (Å²) < 4.78 is 38.6. The van der Waals surface area contributed by atoms with Gasteiger partial charge in [0.05, 0.1) is 6.21 Å². The van der Waals surface area contributed by atoms with E-state index in [1.165, 1.54) is 36.0 Å². The molecule has 1 aromatic carbocycles. The molecule has 0 saturated carbocycles. The van der Waals surface area contributed by atoms with Gasteiger partial charge in [-0.25, -0.2) is 4.98 Å². The highest BCUT2D eigenvalue weighted by Crippen LogP contribution is 2.41. The minimum atomic E-state index is -4.51. The predicted molar refractivity (Wildman–Crippen MR) is 102 cm³/mol. The number of phenols is 1. The lowest BCUT2D eigenvalue weighted by Gasteiger charge is -2.37. The van der Waals surface area contributed by atoms with Crippen molar-refractivity contribution in [2.45, 2.75) is 31.9 Å². The lowest BCUT2D eigenvalue weighted by atomic mass is 9.89. The van der Waals surface area contributed by atoms with E-state index in [1.54, 1.807) is 0 Å². The van der Waals surface area contributed by atoms with Gasteiger partial charge >= 0.3 is 6.18 Å². The lowest BCUT2D eigenvalue weighted by Crippen LogP contribution is -2.34. The molecular weight excluding hydrogens is 369 g/mol. The van der Waals surface area contributed by atoms with Crippen molar-refractivity contribution < 1.29 is 18.3 Å². The Bertz CT molecular complexity index is 924. The van der Waals surface area contributed by atoms with Crippen LogP contribution in [0.25, 0.3) is 0 Å². The molecule has 28 heavy (non-hydrogen) atoms. The molecule has 0 unspecified atom stereocenters. The van der Waals surface area contributed by atoms with Crippen LogP contribution in [0.4, 0.5) is 24.7 Å². The number of anilines is 2. The summed E-state index contributed by atoms with van der Waals surface area (Å²) in [4.78, 5) is 5.95. The Balaban J connectivity index is 1.64. The molecule has 2 aliphatic rings. The van der Waals surface area contributed by atoms with E-state index in [2.05, 4.69) is 15.0 Å². The van der Waals surface area contributed by atoms with Crippen molar-refractivity contribution in [3.8, 4) is 5.75 Å². The molecule has 8 heteroatoms. The number of aromatic hydroxyl groups is 1. The maximum absolute atomic E-state index is 12.9. The van der Waals surface area contributed by atoms with Crippen LogP contribution in [0.3, 0.4) is 0 Å². The van der Waals surface area contributed by atoms with E-state index in [1.807, 2.05) is 6.07 Å². The monoisotopic (exact) mass is 390 g/mol. The van der Waals surface area contributed by atoms with Gasteiger partial charge in [-0.05, 0) is 49.4 Å². The topological polar surface area (TPSA) is 52.0 Å². The number of hydrazone groups is 1. The van der Waals surface area contributed by atoms with Gasteiger partial charge in [-0.3, -0.25) is 5.01 Å². The highest BCUT2D eigenvalue weighted by Gasteiger charge is 2.32. The van der Waals surface area contributed by atoms with E-state index < -0.39 is 11.9 Å². The third-order valence-electron chi connectivity index (χ3n) is 5.25. The van der Waals surface area contributed by atoms with Crippen molar-refractivity contribution >= 4 is 17.7 Å². The predicted octanol–water partition coefficient (Wildman–Crippen LogP) is 3.98. The van der Waals surface area contributed by atoms with Crippen molar-refractivity contribution in [3.05, 3.63) is 46.6 Å². The summed E-state index contributed by atoms with van der Waals surface area (Å²) in [6.45, 7) is 2.02. The molecule has 5 nitrogen and oxygen atoms in total. The summed E-state index contributed by atoms with van der Waals surface area (Å²) in [6, 6.07) is 5.61. The molecule has 1 aromatic heterocycles. The second kappa shape index (κ2) is 7.00. The van der Waals surface area contributed by atoms with Crippen LogP contribution < -0.4 is 9.91 Å². The molecular formula is C20H21F3N4O. The number of hydrogen-bond donors (Lipinski definition) is 1. The second-order valence-electron chi connectivity index (χ2n) is 7.14. The first-order valence-electron chi connectivity index (χ1n) is 9.29. The van der Waals surface area contributed by atoms with Crippen LogP contribution in [0, 0.1) is 0 Å². The first kappa shape index (κ1) is 18.6. The van der Waals surface area contributed by atoms with Crippen molar-refractivity contribution in [2.24, 2.45) is 5.10 Å². The number of alkyl halides is 3. The molecule has 0 aliphatic carbocycles. The van der Waals surface area contributed by atoms with Crippen LogP contribution in [0.1, 0.15) is 35.2 Å². The minimum Gasteiger partial charge on any atom is -0.507 e. The molecule has 2 aliphatic heterocycles. The van der Waals surface area contributed by atoms with Gasteiger partial charge in [-0.2, -0.15) is 18.3 Å². The van der Waals surface area contributed by atoms with E-state index in [9.17, 15) is 18.3 Å². The summed E-state index contributed by atoms with van der Waals surface area (Å²) in [7, 11) is 1.53. The molecule has 148 valence electrons. The van der Waals surface area contributed by atoms with Crippen molar-refractivity contribution in [2.75, 3.05) is 30.0 Å². The van der Waals surface area contributed by atoms with Crippen LogP contribution in [-0.2, 0) is 19.0 Å². The summed E-state index contributed by atoms with van der Waals surface area (Å²) in [5.74, 6) is 0.288. The Kier molecular flexibility index (Phi) is 4.64.